The van der Waals surface area contributed by atoms with E-state index in [0.717, 1.165) is 16.7 Å². The molecule has 0 unspecified atom stereocenters. The van der Waals surface area contributed by atoms with Gasteiger partial charge in [0.25, 0.3) is 11.8 Å². The highest BCUT2D eigenvalue weighted by Gasteiger charge is 2.34. The summed E-state index contributed by atoms with van der Waals surface area (Å²) in [5, 5.41) is 0. The predicted molar refractivity (Wildman–Crippen MR) is 109 cm³/mol. The molecule has 156 valence electrons. The molecule has 4 rings (SSSR count). The average molecular weight is 428 g/mol. The molecule has 0 saturated heterocycles. The van der Waals surface area contributed by atoms with Gasteiger partial charge in [0.1, 0.15) is 0 Å². The summed E-state index contributed by atoms with van der Waals surface area (Å²) >= 11 is 0. The van der Waals surface area contributed by atoms with E-state index in [4.69, 9.17) is 4.74 Å². The summed E-state index contributed by atoms with van der Waals surface area (Å²) in [5.41, 5.74) is 2.48. The van der Waals surface area contributed by atoms with Crippen molar-refractivity contribution in [2.24, 2.45) is 0 Å². The lowest BCUT2D eigenvalue weighted by Crippen LogP contribution is -2.31. The molecule has 30 heavy (non-hydrogen) atoms. The maximum absolute atomic E-state index is 12.3. The molecule has 0 spiro atoms. The second-order valence-electron chi connectivity index (χ2n) is 7.23. The number of amides is 2. The molecule has 2 heterocycles. The van der Waals surface area contributed by atoms with Gasteiger partial charge in [0.2, 0.25) is 10.0 Å². The van der Waals surface area contributed by atoms with E-state index in [0.29, 0.717) is 41.8 Å². The maximum atomic E-state index is 12.3. The van der Waals surface area contributed by atoms with Gasteiger partial charge in [0, 0.05) is 13.1 Å². The van der Waals surface area contributed by atoms with Gasteiger partial charge in [-0.1, -0.05) is 12.1 Å². The lowest BCUT2D eigenvalue weighted by molar-refractivity contribution is 0.0482. The summed E-state index contributed by atoms with van der Waals surface area (Å²) in [7, 11) is -3.35. The number of anilines is 1. The van der Waals surface area contributed by atoms with Crippen molar-refractivity contribution < 1.29 is 27.5 Å². The molecule has 2 aromatic rings. The number of imide groups is 1. The zero-order valence-electron chi connectivity index (χ0n) is 16.3. The molecule has 2 aliphatic rings. The van der Waals surface area contributed by atoms with Gasteiger partial charge in [-0.3, -0.25) is 18.8 Å². The Morgan fingerprint density at radius 1 is 1.07 bits per heavy atom. The van der Waals surface area contributed by atoms with Gasteiger partial charge in [0.05, 0.1) is 35.2 Å². The van der Waals surface area contributed by atoms with E-state index in [2.05, 4.69) is 0 Å². The van der Waals surface area contributed by atoms with E-state index in [1.165, 1.54) is 10.4 Å². The monoisotopic (exact) mass is 428 g/mol. The van der Waals surface area contributed by atoms with Gasteiger partial charge in [-0.15, -0.1) is 0 Å². The summed E-state index contributed by atoms with van der Waals surface area (Å²) in [6, 6.07) is 11.4. The standard InChI is InChI=1S/C21H20N2O6S/c1-30(27,28)23-11-9-14-13-15(7-8-18(14)23)21(26)29-12-4-10-22-19(24)16-5-2-3-6-17(16)20(22)25/h2-3,5-8,13H,4,9-12H2,1H3. The van der Waals surface area contributed by atoms with E-state index in [-0.39, 0.29) is 25.0 Å². The maximum Gasteiger partial charge on any atom is 0.338 e. The minimum absolute atomic E-state index is 0.0544. The fraction of sp³-hybridized carbons (Fsp3) is 0.286. The Balaban J connectivity index is 1.32. The van der Waals surface area contributed by atoms with Gasteiger partial charge in [-0.25, -0.2) is 13.2 Å². The van der Waals surface area contributed by atoms with Crippen LogP contribution in [0.5, 0.6) is 0 Å². The minimum Gasteiger partial charge on any atom is -0.462 e. The molecule has 8 nitrogen and oxygen atoms in total. The van der Waals surface area contributed by atoms with Crippen LogP contribution in [0.3, 0.4) is 0 Å². The largest absolute Gasteiger partial charge is 0.462 e. The van der Waals surface area contributed by atoms with Gasteiger partial charge < -0.3 is 4.74 Å². The van der Waals surface area contributed by atoms with Crippen molar-refractivity contribution in [2.75, 3.05) is 30.3 Å². The van der Waals surface area contributed by atoms with Crippen LogP contribution in [-0.2, 0) is 21.2 Å². The smallest absolute Gasteiger partial charge is 0.338 e. The van der Waals surface area contributed by atoms with Crippen LogP contribution in [0.1, 0.15) is 43.1 Å². The molecule has 0 aliphatic carbocycles. The van der Waals surface area contributed by atoms with Gasteiger partial charge in [-0.05, 0) is 48.7 Å². The Kier molecular flexibility index (Phi) is 5.07. The number of hydrogen-bond donors (Lipinski definition) is 0. The van der Waals surface area contributed by atoms with Gasteiger partial charge in [0.15, 0.2) is 0 Å². The van der Waals surface area contributed by atoms with Crippen LogP contribution < -0.4 is 4.31 Å². The van der Waals surface area contributed by atoms with E-state index < -0.39 is 16.0 Å². The van der Waals surface area contributed by atoms with Crippen LogP contribution in [0.4, 0.5) is 5.69 Å². The number of ether oxygens (including phenoxy) is 1. The number of sulfonamides is 1. The molecule has 0 aromatic heterocycles. The Bertz CT molecular complexity index is 1120. The first-order chi connectivity index (χ1) is 14.3. The molecule has 2 aliphatic heterocycles. The van der Waals surface area contributed by atoms with Crippen molar-refractivity contribution in [2.45, 2.75) is 12.8 Å². The SMILES string of the molecule is CS(=O)(=O)N1CCc2cc(C(=O)OCCCN3C(=O)c4ccccc4C3=O)ccc21. The third kappa shape index (κ3) is 3.56. The lowest BCUT2D eigenvalue weighted by Gasteiger charge is -2.16. The molecule has 2 aromatic carbocycles. The number of carbonyl (C=O) groups excluding carboxylic acids is 3. The Morgan fingerprint density at radius 3 is 2.37 bits per heavy atom. The zero-order chi connectivity index (χ0) is 21.5. The molecular formula is C21H20N2O6S. The fourth-order valence-corrected chi connectivity index (χ4v) is 4.71. The average Bonchev–Trinajstić information content (AvgIpc) is 3.25. The van der Waals surface area contributed by atoms with E-state index >= 15 is 0 Å². The van der Waals surface area contributed by atoms with Gasteiger partial charge >= 0.3 is 5.97 Å². The zero-order valence-corrected chi connectivity index (χ0v) is 17.1. The van der Waals surface area contributed by atoms with E-state index in [1.54, 1.807) is 36.4 Å². The van der Waals surface area contributed by atoms with Gasteiger partial charge in [-0.2, -0.15) is 0 Å². The van der Waals surface area contributed by atoms with Crippen LogP contribution in [0.25, 0.3) is 0 Å². The number of carbonyl (C=O) groups is 3. The third-order valence-electron chi connectivity index (χ3n) is 5.21. The number of benzene rings is 2. The normalized spacial score (nSPS) is 15.4. The van der Waals surface area contributed by atoms with Crippen LogP contribution in [0.15, 0.2) is 42.5 Å². The van der Waals surface area contributed by atoms with Crippen molar-refractivity contribution in [1.82, 2.24) is 4.90 Å². The second-order valence-corrected chi connectivity index (χ2v) is 9.13. The molecule has 0 atom stereocenters. The van der Waals surface area contributed by atoms with Crippen molar-refractivity contribution in [3.05, 3.63) is 64.7 Å². The molecule has 2 amide bonds. The number of nitrogens with zero attached hydrogens (tertiary/aromatic N) is 2. The molecular weight excluding hydrogens is 408 g/mol. The Hall–Kier alpha value is -3.20. The summed E-state index contributed by atoms with van der Waals surface area (Å²) in [5.74, 6) is -1.20. The molecule has 9 heteroatoms. The van der Waals surface area contributed by atoms with E-state index in [1.807, 2.05) is 0 Å². The van der Waals surface area contributed by atoms with Crippen molar-refractivity contribution in [1.29, 1.82) is 0 Å². The highest BCUT2D eigenvalue weighted by molar-refractivity contribution is 7.92. The molecule has 0 fully saturated rings. The Morgan fingerprint density at radius 2 is 1.73 bits per heavy atom. The highest BCUT2D eigenvalue weighted by atomic mass is 32.2. The third-order valence-corrected chi connectivity index (χ3v) is 6.39. The number of hydrogen-bond acceptors (Lipinski definition) is 6. The topological polar surface area (TPSA) is 101 Å². The van der Waals surface area contributed by atoms with Crippen LogP contribution in [-0.4, -0.2) is 57.1 Å². The van der Waals surface area contributed by atoms with Crippen molar-refractivity contribution >= 4 is 33.5 Å². The lowest BCUT2D eigenvalue weighted by atomic mass is 10.1. The molecule has 0 saturated carbocycles. The second kappa shape index (κ2) is 7.56. The minimum atomic E-state index is -3.35. The first-order valence-corrected chi connectivity index (χ1v) is 11.3. The van der Waals surface area contributed by atoms with Crippen LogP contribution in [0, 0.1) is 0 Å². The first kappa shape index (κ1) is 20.1. The first-order valence-electron chi connectivity index (χ1n) is 9.50. The van der Waals surface area contributed by atoms with Crippen LogP contribution in [0.2, 0.25) is 0 Å². The molecule has 0 radical (unpaired) electrons. The highest BCUT2D eigenvalue weighted by Crippen LogP contribution is 2.31. The number of rotatable bonds is 6. The van der Waals surface area contributed by atoms with Crippen molar-refractivity contribution in [3.63, 3.8) is 0 Å². The summed E-state index contributed by atoms with van der Waals surface area (Å²) < 4.78 is 30.2. The summed E-state index contributed by atoms with van der Waals surface area (Å²) in [4.78, 5) is 38.1. The number of fused-ring (bicyclic) bond motifs is 2. The predicted octanol–water partition coefficient (Wildman–Crippen LogP) is 1.85. The summed E-state index contributed by atoms with van der Waals surface area (Å²) in [6.45, 7) is 0.568. The summed E-state index contributed by atoms with van der Waals surface area (Å²) in [6.07, 6.45) is 2.01. The Labute approximate surface area is 174 Å². The fourth-order valence-electron chi connectivity index (χ4n) is 3.76. The number of esters is 1. The van der Waals surface area contributed by atoms with E-state index in [9.17, 15) is 22.8 Å². The quantitative estimate of drug-likeness (QED) is 0.395. The molecule has 0 bridgehead atoms. The van der Waals surface area contributed by atoms with Crippen molar-refractivity contribution in [3.8, 4) is 0 Å². The molecule has 0 N–H and O–H groups in total. The van der Waals surface area contributed by atoms with Crippen LogP contribution >= 0.6 is 0 Å².